The number of ether oxygens (including phenoxy) is 2. The quantitative estimate of drug-likeness (QED) is 0.759. The number of rotatable bonds is 3. The molecule has 136 valence electrons. The van der Waals surface area contributed by atoms with Crippen LogP contribution in [0.25, 0.3) is 11.0 Å². The second-order valence-electron chi connectivity index (χ2n) is 5.78. The third kappa shape index (κ3) is 2.97. The van der Waals surface area contributed by atoms with Gasteiger partial charge in [0.05, 0.1) is 37.1 Å². The molecule has 0 unspecified atom stereocenters. The van der Waals surface area contributed by atoms with Crippen molar-refractivity contribution in [3.05, 3.63) is 11.1 Å². The van der Waals surface area contributed by atoms with E-state index in [1.807, 2.05) is 4.90 Å². The van der Waals surface area contributed by atoms with Crippen molar-refractivity contribution in [1.29, 1.82) is 0 Å². The molecule has 0 amide bonds. The van der Waals surface area contributed by atoms with Gasteiger partial charge in [-0.3, -0.25) is 0 Å². The van der Waals surface area contributed by atoms with Crippen LogP contribution in [0.5, 0.6) is 0 Å². The van der Waals surface area contributed by atoms with Crippen LogP contribution in [0.3, 0.4) is 0 Å². The van der Waals surface area contributed by atoms with Gasteiger partial charge in [0.2, 0.25) is 10.0 Å². The van der Waals surface area contributed by atoms with Crippen LogP contribution in [0.4, 0.5) is 5.69 Å². The SMILES string of the molecule is O=S(=O)(c1c(N2CCOCC2)cc(Cl)c2nonc12)N1CCOCC1. The fourth-order valence-corrected chi connectivity index (χ4v) is 5.02. The zero-order valence-electron chi connectivity index (χ0n) is 13.4. The molecule has 4 rings (SSSR count). The number of aromatic nitrogens is 2. The van der Waals surface area contributed by atoms with Gasteiger partial charge in [-0.05, 0) is 16.4 Å². The normalized spacial score (nSPS) is 20.3. The highest BCUT2D eigenvalue weighted by Crippen LogP contribution is 2.38. The standard InChI is InChI=1S/C14H17ClN4O5S/c15-10-9-11(18-1-5-22-6-2-18)14(13-12(10)16-24-17-13)25(20,21)19-3-7-23-8-4-19/h9H,1-8H2. The van der Waals surface area contributed by atoms with E-state index in [1.165, 1.54) is 4.31 Å². The molecule has 0 radical (unpaired) electrons. The van der Waals surface area contributed by atoms with E-state index in [2.05, 4.69) is 10.3 Å². The molecule has 2 aliphatic rings. The molecule has 0 spiro atoms. The number of halogens is 1. The van der Waals surface area contributed by atoms with Crippen molar-refractivity contribution in [3.63, 3.8) is 0 Å². The lowest BCUT2D eigenvalue weighted by molar-refractivity contribution is 0.0730. The Balaban J connectivity index is 1.90. The van der Waals surface area contributed by atoms with Crippen LogP contribution >= 0.6 is 11.6 Å². The molecule has 0 bridgehead atoms. The molecular weight excluding hydrogens is 372 g/mol. The highest BCUT2D eigenvalue weighted by atomic mass is 35.5. The maximum Gasteiger partial charge on any atom is 0.247 e. The van der Waals surface area contributed by atoms with Gasteiger partial charge in [0.25, 0.3) is 0 Å². The monoisotopic (exact) mass is 388 g/mol. The van der Waals surface area contributed by atoms with Crippen molar-refractivity contribution in [1.82, 2.24) is 14.6 Å². The Morgan fingerprint density at radius 2 is 1.56 bits per heavy atom. The number of nitrogens with zero attached hydrogens (tertiary/aromatic N) is 4. The summed E-state index contributed by atoms with van der Waals surface area (Å²) >= 11 is 6.28. The van der Waals surface area contributed by atoms with Crippen LogP contribution in [0.15, 0.2) is 15.6 Å². The summed E-state index contributed by atoms with van der Waals surface area (Å²) in [6.45, 7) is 3.48. The minimum atomic E-state index is -3.81. The van der Waals surface area contributed by atoms with Gasteiger partial charge in [-0.25, -0.2) is 13.0 Å². The molecule has 3 heterocycles. The number of sulfonamides is 1. The zero-order valence-corrected chi connectivity index (χ0v) is 14.9. The summed E-state index contributed by atoms with van der Waals surface area (Å²) in [5, 5.41) is 7.89. The molecule has 2 saturated heterocycles. The summed E-state index contributed by atoms with van der Waals surface area (Å²) in [5.41, 5.74) is 0.897. The van der Waals surface area contributed by atoms with Gasteiger partial charge >= 0.3 is 0 Å². The molecule has 0 saturated carbocycles. The molecule has 2 fully saturated rings. The lowest BCUT2D eigenvalue weighted by Crippen LogP contribution is -2.42. The van der Waals surface area contributed by atoms with E-state index >= 15 is 0 Å². The number of anilines is 1. The van der Waals surface area contributed by atoms with E-state index in [1.54, 1.807) is 6.07 Å². The van der Waals surface area contributed by atoms with Crippen LogP contribution in [0.1, 0.15) is 0 Å². The van der Waals surface area contributed by atoms with Gasteiger partial charge in [0.1, 0.15) is 4.90 Å². The molecule has 11 heteroatoms. The predicted octanol–water partition coefficient (Wildman–Crippen LogP) is 0.734. The highest BCUT2D eigenvalue weighted by molar-refractivity contribution is 7.89. The van der Waals surface area contributed by atoms with Crippen molar-refractivity contribution in [2.24, 2.45) is 0 Å². The molecule has 25 heavy (non-hydrogen) atoms. The summed E-state index contributed by atoms with van der Waals surface area (Å²) in [6.07, 6.45) is 0. The van der Waals surface area contributed by atoms with Crippen molar-refractivity contribution >= 4 is 38.3 Å². The topological polar surface area (TPSA) is 98.0 Å². The van der Waals surface area contributed by atoms with Crippen LogP contribution in [-0.2, 0) is 19.5 Å². The predicted molar refractivity (Wildman–Crippen MR) is 89.4 cm³/mol. The molecule has 2 aliphatic heterocycles. The summed E-state index contributed by atoms with van der Waals surface area (Å²) in [7, 11) is -3.81. The van der Waals surface area contributed by atoms with Crippen LogP contribution < -0.4 is 4.90 Å². The van der Waals surface area contributed by atoms with Gasteiger partial charge in [0, 0.05) is 26.2 Å². The van der Waals surface area contributed by atoms with E-state index in [0.717, 1.165) is 0 Å². The average Bonchev–Trinajstić information content (AvgIpc) is 3.13. The van der Waals surface area contributed by atoms with Crippen LogP contribution in [0, 0.1) is 0 Å². The molecule has 9 nitrogen and oxygen atoms in total. The van der Waals surface area contributed by atoms with E-state index in [0.29, 0.717) is 63.3 Å². The molecule has 0 atom stereocenters. The summed E-state index contributed by atoms with van der Waals surface area (Å²) in [6, 6.07) is 1.62. The first-order valence-electron chi connectivity index (χ1n) is 7.94. The molecule has 0 aliphatic carbocycles. The third-order valence-electron chi connectivity index (χ3n) is 4.35. The minimum Gasteiger partial charge on any atom is -0.379 e. The first kappa shape index (κ1) is 17.0. The van der Waals surface area contributed by atoms with Crippen molar-refractivity contribution in [3.8, 4) is 0 Å². The Bertz CT molecular complexity index is 875. The van der Waals surface area contributed by atoms with Crippen molar-refractivity contribution < 1.29 is 22.5 Å². The number of morpholine rings is 2. The van der Waals surface area contributed by atoms with E-state index in [4.69, 9.17) is 25.7 Å². The third-order valence-corrected chi connectivity index (χ3v) is 6.60. The summed E-state index contributed by atoms with van der Waals surface area (Å²) in [5.74, 6) is 0. The van der Waals surface area contributed by atoms with Gasteiger partial charge in [-0.15, -0.1) is 0 Å². The second kappa shape index (κ2) is 6.69. The lowest BCUT2D eigenvalue weighted by atomic mass is 10.2. The Labute approximate surface area is 149 Å². The zero-order chi connectivity index (χ0) is 17.4. The van der Waals surface area contributed by atoms with Gasteiger partial charge in [-0.2, -0.15) is 4.31 Å². The van der Waals surface area contributed by atoms with Crippen molar-refractivity contribution in [2.45, 2.75) is 4.90 Å². The number of hydrogen-bond donors (Lipinski definition) is 0. The molecule has 2 aromatic rings. The average molecular weight is 389 g/mol. The minimum absolute atomic E-state index is 0.0805. The fourth-order valence-electron chi connectivity index (χ4n) is 3.08. The largest absolute Gasteiger partial charge is 0.379 e. The van der Waals surface area contributed by atoms with E-state index in [9.17, 15) is 8.42 Å². The summed E-state index contributed by atoms with van der Waals surface area (Å²) < 4.78 is 43.5. The van der Waals surface area contributed by atoms with Gasteiger partial charge < -0.3 is 14.4 Å². The highest BCUT2D eigenvalue weighted by Gasteiger charge is 2.35. The van der Waals surface area contributed by atoms with Crippen LogP contribution in [-0.4, -0.2) is 75.6 Å². The maximum atomic E-state index is 13.3. The van der Waals surface area contributed by atoms with Crippen molar-refractivity contribution in [2.75, 3.05) is 57.5 Å². The Morgan fingerprint density at radius 1 is 0.960 bits per heavy atom. The molecular formula is C14H17ClN4O5S. The lowest BCUT2D eigenvalue weighted by Gasteiger charge is -2.32. The van der Waals surface area contributed by atoms with E-state index < -0.39 is 10.0 Å². The molecule has 0 N–H and O–H groups in total. The molecule has 1 aromatic heterocycles. The fraction of sp³-hybridized carbons (Fsp3) is 0.571. The smallest absolute Gasteiger partial charge is 0.247 e. The first-order chi connectivity index (χ1) is 12.1. The van der Waals surface area contributed by atoms with Crippen LogP contribution in [0.2, 0.25) is 5.02 Å². The van der Waals surface area contributed by atoms with Gasteiger partial charge in [0.15, 0.2) is 11.0 Å². The molecule has 1 aromatic carbocycles. The second-order valence-corrected chi connectivity index (χ2v) is 8.07. The Kier molecular flexibility index (Phi) is 4.54. The van der Waals surface area contributed by atoms with Gasteiger partial charge in [-0.1, -0.05) is 11.6 Å². The first-order valence-corrected chi connectivity index (χ1v) is 9.76. The Hall–Kier alpha value is -1.46. The maximum absolute atomic E-state index is 13.3. The summed E-state index contributed by atoms with van der Waals surface area (Å²) in [4.78, 5) is 2.02. The van der Waals surface area contributed by atoms with E-state index in [-0.39, 0.29) is 15.9 Å². The Morgan fingerprint density at radius 3 is 2.24 bits per heavy atom. The number of benzene rings is 1. The number of fused-ring (bicyclic) bond motifs is 1. The number of hydrogen-bond acceptors (Lipinski definition) is 8.